The number of anilines is 2. The first-order valence-corrected chi connectivity index (χ1v) is 5.22. The van der Waals surface area contributed by atoms with Gasteiger partial charge < -0.3 is 10.6 Å². The molecule has 2 heterocycles. The lowest BCUT2D eigenvalue weighted by atomic mass is 10.1. The van der Waals surface area contributed by atoms with Crippen molar-refractivity contribution in [1.29, 1.82) is 0 Å². The maximum Gasteiger partial charge on any atom is 0.0945 e. The summed E-state index contributed by atoms with van der Waals surface area (Å²) < 4.78 is 1.82. The largest absolute Gasteiger partial charge is 0.397 e. The van der Waals surface area contributed by atoms with Gasteiger partial charge >= 0.3 is 0 Å². The molecule has 3 rings (SSSR count). The van der Waals surface area contributed by atoms with E-state index in [1.807, 2.05) is 24.0 Å². The second-order valence-electron chi connectivity index (χ2n) is 4.11. The molecule has 0 radical (unpaired) electrons. The van der Waals surface area contributed by atoms with Gasteiger partial charge in [0.25, 0.3) is 0 Å². The van der Waals surface area contributed by atoms with Crippen molar-refractivity contribution in [3.05, 3.63) is 18.3 Å². The normalized spacial score (nSPS) is 15.7. The van der Waals surface area contributed by atoms with Gasteiger partial charge in [-0.2, -0.15) is 5.10 Å². The van der Waals surface area contributed by atoms with E-state index < -0.39 is 0 Å². The summed E-state index contributed by atoms with van der Waals surface area (Å²) in [6.45, 7) is 2.23. The van der Waals surface area contributed by atoms with Gasteiger partial charge in [-0.1, -0.05) is 0 Å². The molecule has 1 aliphatic heterocycles. The summed E-state index contributed by atoms with van der Waals surface area (Å²) in [5.41, 5.74) is 9.04. The molecule has 0 amide bonds. The SMILES string of the molecule is Cn1cc2cc(N)c(N3CCC3)cc2n1. The first kappa shape index (κ1) is 8.59. The van der Waals surface area contributed by atoms with Gasteiger partial charge in [-0.05, 0) is 18.6 Å². The molecular weight excluding hydrogens is 188 g/mol. The quantitative estimate of drug-likeness (QED) is 0.710. The van der Waals surface area contributed by atoms with E-state index in [4.69, 9.17) is 5.73 Å². The number of benzene rings is 1. The topological polar surface area (TPSA) is 47.1 Å². The number of nitrogens with zero attached hydrogens (tertiary/aromatic N) is 3. The van der Waals surface area contributed by atoms with Crippen molar-refractivity contribution in [2.75, 3.05) is 23.7 Å². The molecule has 0 saturated carbocycles. The number of fused-ring (bicyclic) bond motifs is 1. The number of hydrogen-bond acceptors (Lipinski definition) is 3. The highest BCUT2D eigenvalue weighted by molar-refractivity contribution is 5.89. The van der Waals surface area contributed by atoms with Crippen molar-refractivity contribution in [2.45, 2.75) is 6.42 Å². The molecule has 0 unspecified atom stereocenters. The summed E-state index contributed by atoms with van der Waals surface area (Å²) in [4.78, 5) is 2.30. The van der Waals surface area contributed by atoms with Crippen molar-refractivity contribution >= 4 is 22.3 Å². The van der Waals surface area contributed by atoms with Crippen molar-refractivity contribution in [1.82, 2.24) is 9.78 Å². The summed E-state index contributed by atoms with van der Waals surface area (Å²) in [6.07, 6.45) is 3.26. The molecular formula is C11H14N4. The summed E-state index contributed by atoms with van der Waals surface area (Å²) >= 11 is 0. The Kier molecular flexibility index (Phi) is 1.65. The van der Waals surface area contributed by atoms with Crippen LogP contribution in [0.5, 0.6) is 0 Å². The van der Waals surface area contributed by atoms with E-state index in [1.54, 1.807) is 0 Å². The zero-order valence-electron chi connectivity index (χ0n) is 8.77. The van der Waals surface area contributed by atoms with E-state index in [-0.39, 0.29) is 0 Å². The van der Waals surface area contributed by atoms with Crippen LogP contribution in [-0.2, 0) is 7.05 Å². The molecule has 1 aromatic carbocycles. The van der Waals surface area contributed by atoms with Gasteiger partial charge in [0, 0.05) is 31.7 Å². The fraction of sp³-hybridized carbons (Fsp3) is 0.364. The third-order valence-electron chi connectivity index (χ3n) is 2.96. The first-order chi connectivity index (χ1) is 7.24. The van der Waals surface area contributed by atoms with Crippen molar-refractivity contribution in [3.8, 4) is 0 Å². The molecule has 2 N–H and O–H groups in total. The summed E-state index contributed by atoms with van der Waals surface area (Å²) in [6, 6.07) is 4.10. The van der Waals surface area contributed by atoms with Crippen LogP contribution in [0.4, 0.5) is 11.4 Å². The van der Waals surface area contributed by atoms with Crippen LogP contribution in [0.3, 0.4) is 0 Å². The minimum Gasteiger partial charge on any atom is -0.397 e. The van der Waals surface area contributed by atoms with Gasteiger partial charge in [0.05, 0.1) is 16.9 Å². The Morgan fingerprint density at radius 3 is 2.80 bits per heavy atom. The monoisotopic (exact) mass is 202 g/mol. The lowest BCUT2D eigenvalue weighted by Gasteiger charge is -2.34. The van der Waals surface area contributed by atoms with Crippen LogP contribution in [0.15, 0.2) is 18.3 Å². The van der Waals surface area contributed by atoms with E-state index >= 15 is 0 Å². The van der Waals surface area contributed by atoms with Crippen molar-refractivity contribution < 1.29 is 0 Å². The predicted octanol–water partition coefficient (Wildman–Crippen LogP) is 1.37. The highest BCUT2D eigenvalue weighted by Gasteiger charge is 2.17. The average Bonchev–Trinajstić information content (AvgIpc) is 2.42. The Bertz CT molecular complexity index is 511. The van der Waals surface area contributed by atoms with Crippen LogP contribution in [-0.4, -0.2) is 22.9 Å². The van der Waals surface area contributed by atoms with Gasteiger partial charge in [0.2, 0.25) is 0 Å². The molecule has 0 spiro atoms. The fourth-order valence-electron chi connectivity index (χ4n) is 2.03. The first-order valence-electron chi connectivity index (χ1n) is 5.22. The highest BCUT2D eigenvalue weighted by atomic mass is 15.2. The lowest BCUT2D eigenvalue weighted by Crippen LogP contribution is -2.37. The molecule has 1 saturated heterocycles. The number of rotatable bonds is 1. The minimum atomic E-state index is 0.857. The summed E-state index contributed by atoms with van der Waals surface area (Å²) in [5, 5.41) is 5.50. The molecule has 4 heteroatoms. The van der Waals surface area contributed by atoms with Crippen LogP contribution in [0.25, 0.3) is 10.9 Å². The fourth-order valence-corrected chi connectivity index (χ4v) is 2.03. The summed E-state index contributed by atoms with van der Waals surface area (Å²) in [7, 11) is 1.93. The maximum absolute atomic E-state index is 6.03. The maximum atomic E-state index is 6.03. The minimum absolute atomic E-state index is 0.857. The molecule has 4 nitrogen and oxygen atoms in total. The second kappa shape index (κ2) is 2.89. The van der Waals surface area contributed by atoms with E-state index in [1.165, 1.54) is 6.42 Å². The standard InChI is InChI=1S/C11H14N4/c1-14-7-8-5-9(12)11(6-10(8)13-14)15-3-2-4-15/h5-7H,2-4,12H2,1H3. The smallest absolute Gasteiger partial charge is 0.0945 e. The van der Waals surface area contributed by atoms with Gasteiger partial charge in [-0.15, -0.1) is 0 Å². The van der Waals surface area contributed by atoms with E-state index in [2.05, 4.69) is 16.1 Å². The van der Waals surface area contributed by atoms with Crippen LogP contribution >= 0.6 is 0 Å². The van der Waals surface area contributed by atoms with Crippen LogP contribution in [0.1, 0.15) is 6.42 Å². The Morgan fingerprint density at radius 1 is 1.33 bits per heavy atom. The van der Waals surface area contributed by atoms with E-state index in [9.17, 15) is 0 Å². The zero-order chi connectivity index (χ0) is 10.4. The Hall–Kier alpha value is -1.71. The van der Waals surface area contributed by atoms with E-state index in [0.29, 0.717) is 0 Å². The molecule has 0 bridgehead atoms. The molecule has 2 aromatic rings. The number of nitrogen functional groups attached to an aromatic ring is 1. The molecule has 1 fully saturated rings. The highest BCUT2D eigenvalue weighted by Crippen LogP contribution is 2.31. The van der Waals surface area contributed by atoms with Crippen LogP contribution in [0.2, 0.25) is 0 Å². The molecule has 1 aromatic heterocycles. The Balaban J connectivity index is 2.16. The zero-order valence-corrected chi connectivity index (χ0v) is 8.77. The van der Waals surface area contributed by atoms with Gasteiger partial charge in [0.15, 0.2) is 0 Å². The molecule has 0 atom stereocenters. The third-order valence-corrected chi connectivity index (χ3v) is 2.96. The molecule has 78 valence electrons. The Morgan fingerprint density at radius 2 is 2.13 bits per heavy atom. The third kappa shape index (κ3) is 1.25. The van der Waals surface area contributed by atoms with Gasteiger partial charge in [0.1, 0.15) is 0 Å². The number of aryl methyl sites for hydroxylation is 1. The molecule has 0 aliphatic carbocycles. The summed E-state index contributed by atoms with van der Waals surface area (Å²) in [5.74, 6) is 0. The van der Waals surface area contributed by atoms with Crippen LogP contribution in [0, 0.1) is 0 Å². The average molecular weight is 202 g/mol. The second-order valence-corrected chi connectivity index (χ2v) is 4.11. The predicted molar refractivity (Wildman–Crippen MR) is 62.0 cm³/mol. The lowest BCUT2D eigenvalue weighted by molar-refractivity contribution is 0.619. The number of aromatic nitrogens is 2. The van der Waals surface area contributed by atoms with E-state index in [0.717, 1.165) is 35.4 Å². The van der Waals surface area contributed by atoms with Gasteiger partial charge in [-0.25, -0.2) is 0 Å². The van der Waals surface area contributed by atoms with Crippen molar-refractivity contribution in [2.24, 2.45) is 7.05 Å². The van der Waals surface area contributed by atoms with Crippen LogP contribution < -0.4 is 10.6 Å². The number of hydrogen-bond donors (Lipinski definition) is 1. The molecule has 15 heavy (non-hydrogen) atoms. The van der Waals surface area contributed by atoms with Gasteiger partial charge in [-0.3, -0.25) is 4.68 Å². The van der Waals surface area contributed by atoms with Crippen molar-refractivity contribution in [3.63, 3.8) is 0 Å². The number of nitrogens with two attached hydrogens (primary N) is 1. The molecule has 1 aliphatic rings. The Labute approximate surface area is 88.3 Å².